The number of carboxylic acid groups (broad SMARTS) is 1. The molecule has 2 amide bonds. The molecule has 0 aliphatic heterocycles. The first-order valence-corrected chi connectivity index (χ1v) is 6.73. The number of carbonyl (C=O) groups is 2. The summed E-state index contributed by atoms with van der Waals surface area (Å²) in [5.74, 6) is -1.51. The van der Waals surface area contributed by atoms with Crippen LogP contribution in [0.1, 0.15) is 26.3 Å². The van der Waals surface area contributed by atoms with Crippen molar-refractivity contribution < 1.29 is 14.7 Å². The molecule has 0 heterocycles. The zero-order valence-electron chi connectivity index (χ0n) is 12.2. The van der Waals surface area contributed by atoms with E-state index in [0.717, 1.165) is 5.56 Å². The molecule has 0 saturated heterocycles. The Morgan fingerprint density at radius 2 is 1.80 bits per heavy atom. The Hall–Kier alpha value is -2.04. The van der Waals surface area contributed by atoms with E-state index >= 15 is 0 Å². The number of nitrogens with one attached hydrogen (secondary N) is 1. The third-order valence-electron chi connectivity index (χ3n) is 3.06. The van der Waals surface area contributed by atoms with E-state index in [4.69, 9.17) is 5.11 Å². The number of rotatable bonds is 6. The molecule has 0 aliphatic rings. The first-order valence-electron chi connectivity index (χ1n) is 6.73. The van der Waals surface area contributed by atoms with Gasteiger partial charge in [-0.25, -0.2) is 4.79 Å². The molecule has 0 fully saturated rings. The fourth-order valence-electron chi connectivity index (χ4n) is 1.70. The van der Waals surface area contributed by atoms with Gasteiger partial charge >= 0.3 is 12.0 Å². The molecule has 0 radical (unpaired) electrons. The topological polar surface area (TPSA) is 69.6 Å². The number of amides is 2. The Balaban J connectivity index is 2.62. The molecule has 1 aromatic carbocycles. The minimum atomic E-state index is -0.913. The van der Waals surface area contributed by atoms with E-state index in [1.54, 1.807) is 11.8 Å². The van der Waals surface area contributed by atoms with Crippen molar-refractivity contribution >= 4 is 12.0 Å². The van der Waals surface area contributed by atoms with Crippen LogP contribution >= 0.6 is 0 Å². The number of carbonyl (C=O) groups excluding carboxylic acids is 1. The summed E-state index contributed by atoms with van der Waals surface area (Å²) in [7, 11) is 0. The summed E-state index contributed by atoms with van der Waals surface area (Å²) in [6.07, 6.45) is 0. The summed E-state index contributed by atoms with van der Waals surface area (Å²) < 4.78 is 0. The van der Waals surface area contributed by atoms with Crippen molar-refractivity contribution in [1.29, 1.82) is 0 Å². The molecule has 5 heteroatoms. The normalized spacial score (nSPS) is 12.0. The third-order valence-corrected chi connectivity index (χ3v) is 3.06. The maximum atomic E-state index is 12.1. The van der Waals surface area contributed by atoms with Gasteiger partial charge in [-0.2, -0.15) is 0 Å². The number of hydrogen-bond acceptors (Lipinski definition) is 2. The molecule has 0 aromatic heterocycles. The van der Waals surface area contributed by atoms with Crippen molar-refractivity contribution in [2.75, 3.05) is 6.54 Å². The van der Waals surface area contributed by atoms with E-state index in [1.165, 1.54) is 0 Å². The predicted molar refractivity (Wildman–Crippen MR) is 77.3 cm³/mol. The molecular weight excluding hydrogens is 256 g/mol. The number of urea groups is 1. The Kier molecular flexibility index (Phi) is 6.03. The summed E-state index contributed by atoms with van der Waals surface area (Å²) in [4.78, 5) is 24.6. The fraction of sp³-hybridized carbons (Fsp3) is 0.467. The molecule has 0 aliphatic carbocycles. The van der Waals surface area contributed by atoms with E-state index in [1.807, 2.05) is 44.2 Å². The van der Waals surface area contributed by atoms with E-state index in [9.17, 15) is 9.59 Å². The molecule has 2 N–H and O–H groups in total. The zero-order valence-corrected chi connectivity index (χ0v) is 12.2. The quantitative estimate of drug-likeness (QED) is 0.839. The van der Waals surface area contributed by atoms with Gasteiger partial charge < -0.3 is 15.3 Å². The molecule has 1 aromatic rings. The van der Waals surface area contributed by atoms with E-state index in [2.05, 4.69) is 5.32 Å². The average molecular weight is 278 g/mol. The van der Waals surface area contributed by atoms with Gasteiger partial charge in [-0.3, -0.25) is 4.79 Å². The summed E-state index contributed by atoms with van der Waals surface area (Å²) in [5, 5.41) is 11.5. The van der Waals surface area contributed by atoms with Crippen molar-refractivity contribution in [3.63, 3.8) is 0 Å². The van der Waals surface area contributed by atoms with Crippen LogP contribution in [0.2, 0.25) is 0 Å². The third kappa shape index (κ3) is 4.91. The van der Waals surface area contributed by atoms with Crippen molar-refractivity contribution in [3.8, 4) is 0 Å². The number of aliphatic carboxylic acids is 1. The lowest BCUT2D eigenvalue weighted by Gasteiger charge is -2.27. The Morgan fingerprint density at radius 3 is 2.30 bits per heavy atom. The maximum absolute atomic E-state index is 12.1. The lowest BCUT2D eigenvalue weighted by molar-refractivity contribution is -0.140. The summed E-state index contributed by atoms with van der Waals surface area (Å²) in [6.45, 7) is 6.07. The second-order valence-corrected chi connectivity index (χ2v) is 5.13. The van der Waals surface area contributed by atoms with Crippen LogP contribution in [0.25, 0.3) is 0 Å². The number of hydrogen-bond donors (Lipinski definition) is 2. The SMILES string of the molecule is CC(CNC(=O)N(Cc1ccccc1)C(C)C)C(=O)O. The molecule has 110 valence electrons. The standard InChI is InChI=1S/C15H22N2O3/c1-11(2)17(10-13-7-5-4-6-8-13)15(20)16-9-12(3)14(18)19/h4-8,11-12H,9-10H2,1-3H3,(H,16,20)(H,18,19). The van der Waals surface area contributed by atoms with Crippen molar-refractivity contribution in [3.05, 3.63) is 35.9 Å². The molecule has 1 atom stereocenters. The number of benzene rings is 1. The molecule has 20 heavy (non-hydrogen) atoms. The Morgan fingerprint density at radius 1 is 1.20 bits per heavy atom. The highest BCUT2D eigenvalue weighted by atomic mass is 16.4. The van der Waals surface area contributed by atoms with Crippen LogP contribution in [0.15, 0.2) is 30.3 Å². The predicted octanol–water partition coefficient (Wildman–Crippen LogP) is 2.33. The monoisotopic (exact) mass is 278 g/mol. The smallest absolute Gasteiger partial charge is 0.317 e. The van der Waals surface area contributed by atoms with Crippen LogP contribution in [0.4, 0.5) is 4.79 Å². The van der Waals surface area contributed by atoms with Gasteiger partial charge in [-0.15, -0.1) is 0 Å². The van der Waals surface area contributed by atoms with Gasteiger partial charge in [-0.1, -0.05) is 37.3 Å². The van der Waals surface area contributed by atoms with Crippen molar-refractivity contribution in [2.45, 2.75) is 33.4 Å². The second-order valence-electron chi connectivity index (χ2n) is 5.13. The largest absolute Gasteiger partial charge is 0.481 e. The summed E-state index contributed by atoms with van der Waals surface area (Å²) in [5.41, 5.74) is 1.04. The van der Waals surface area contributed by atoms with Crippen molar-refractivity contribution in [1.82, 2.24) is 10.2 Å². The lowest BCUT2D eigenvalue weighted by Crippen LogP contribution is -2.45. The molecule has 1 unspecified atom stereocenters. The first-order chi connectivity index (χ1) is 9.41. The van der Waals surface area contributed by atoms with Gasteiger partial charge in [0.2, 0.25) is 0 Å². The summed E-state index contributed by atoms with van der Waals surface area (Å²) >= 11 is 0. The van der Waals surface area contributed by atoms with E-state index < -0.39 is 11.9 Å². The average Bonchev–Trinajstić information content (AvgIpc) is 2.42. The number of carboxylic acids is 1. The van der Waals surface area contributed by atoms with Crippen LogP contribution in [0.3, 0.4) is 0 Å². The van der Waals surface area contributed by atoms with Crippen molar-refractivity contribution in [2.24, 2.45) is 5.92 Å². The van der Waals surface area contributed by atoms with E-state index in [-0.39, 0.29) is 18.6 Å². The van der Waals surface area contributed by atoms with Crippen LogP contribution in [0.5, 0.6) is 0 Å². The number of nitrogens with zero attached hydrogens (tertiary/aromatic N) is 1. The van der Waals surface area contributed by atoms with Crippen LogP contribution in [0, 0.1) is 5.92 Å². The maximum Gasteiger partial charge on any atom is 0.317 e. The van der Waals surface area contributed by atoms with Crippen LogP contribution < -0.4 is 5.32 Å². The highest BCUT2D eigenvalue weighted by molar-refractivity contribution is 5.76. The van der Waals surface area contributed by atoms with Gasteiger partial charge in [0.1, 0.15) is 0 Å². The fourth-order valence-corrected chi connectivity index (χ4v) is 1.70. The van der Waals surface area contributed by atoms with Gasteiger partial charge in [0.15, 0.2) is 0 Å². The molecule has 0 saturated carbocycles. The van der Waals surface area contributed by atoms with Crippen LogP contribution in [-0.2, 0) is 11.3 Å². The molecule has 0 bridgehead atoms. The van der Waals surface area contributed by atoms with Gasteiger partial charge in [0, 0.05) is 19.1 Å². The van der Waals surface area contributed by atoms with Gasteiger partial charge in [0.05, 0.1) is 5.92 Å². The van der Waals surface area contributed by atoms with Crippen LogP contribution in [-0.4, -0.2) is 34.6 Å². The summed E-state index contributed by atoms with van der Waals surface area (Å²) in [6, 6.07) is 9.51. The lowest BCUT2D eigenvalue weighted by atomic mass is 10.2. The second kappa shape index (κ2) is 7.53. The highest BCUT2D eigenvalue weighted by Gasteiger charge is 2.19. The molecule has 1 rings (SSSR count). The minimum Gasteiger partial charge on any atom is -0.481 e. The van der Waals surface area contributed by atoms with E-state index in [0.29, 0.717) is 6.54 Å². The molecule has 5 nitrogen and oxygen atoms in total. The van der Waals surface area contributed by atoms with Gasteiger partial charge in [-0.05, 0) is 19.4 Å². The molecular formula is C15H22N2O3. The Labute approximate surface area is 119 Å². The minimum absolute atomic E-state index is 0.0374. The van der Waals surface area contributed by atoms with Gasteiger partial charge in [0.25, 0.3) is 0 Å². The first kappa shape index (κ1) is 16.0. The zero-order chi connectivity index (χ0) is 15.1. The highest BCUT2D eigenvalue weighted by Crippen LogP contribution is 2.08. The molecule has 0 spiro atoms. The Bertz CT molecular complexity index is 446.